The van der Waals surface area contributed by atoms with Crippen LogP contribution in [0.3, 0.4) is 0 Å². The molecule has 0 aromatic heterocycles. The van der Waals surface area contributed by atoms with E-state index in [1.54, 1.807) is 30.3 Å². The van der Waals surface area contributed by atoms with Crippen molar-refractivity contribution in [2.45, 2.75) is 6.92 Å². The first-order chi connectivity index (χ1) is 9.65. The maximum absolute atomic E-state index is 11.6. The first-order valence-corrected chi connectivity index (χ1v) is 6.17. The summed E-state index contributed by atoms with van der Waals surface area (Å²) in [6.45, 7) is 1.90. The second-order valence-corrected chi connectivity index (χ2v) is 4.25. The Bertz CT molecular complexity index is 585. The highest BCUT2D eigenvalue weighted by Gasteiger charge is 2.05. The number of hydrogen-bond donors (Lipinski definition) is 3. The monoisotopic (exact) mass is 272 g/mol. The molecule has 0 radical (unpaired) electrons. The molecule has 0 aliphatic rings. The maximum Gasteiger partial charge on any atom is 0.321 e. The Balaban J connectivity index is 1.81. The van der Waals surface area contributed by atoms with Crippen LogP contribution in [-0.4, -0.2) is 17.9 Å². The number of amides is 2. The molecular formula is C15H16N2O3. The van der Waals surface area contributed by atoms with E-state index in [4.69, 9.17) is 4.74 Å². The van der Waals surface area contributed by atoms with E-state index < -0.39 is 6.03 Å². The maximum atomic E-state index is 11.6. The third-order valence-electron chi connectivity index (χ3n) is 2.62. The lowest BCUT2D eigenvalue weighted by molar-refractivity contribution is 0.234. The molecule has 0 spiro atoms. The van der Waals surface area contributed by atoms with Crippen LogP contribution in [0.2, 0.25) is 0 Å². The first kappa shape index (κ1) is 13.7. The summed E-state index contributed by atoms with van der Waals surface area (Å²) in [5, 5.41) is 14.8. The lowest BCUT2D eigenvalue weighted by Gasteiger charge is -2.10. The number of benzene rings is 2. The fourth-order valence-corrected chi connectivity index (χ4v) is 1.62. The van der Waals surface area contributed by atoms with Gasteiger partial charge >= 0.3 is 6.03 Å². The summed E-state index contributed by atoms with van der Waals surface area (Å²) < 4.78 is 5.33. The molecule has 2 aromatic rings. The van der Waals surface area contributed by atoms with Crippen molar-refractivity contribution in [3.8, 4) is 11.5 Å². The molecule has 0 heterocycles. The Morgan fingerprint density at radius 3 is 2.65 bits per heavy atom. The van der Waals surface area contributed by atoms with Gasteiger partial charge in [0.05, 0.1) is 5.69 Å². The van der Waals surface area contributed by atoms with Crippen LogP contribution in [0, 0.1) is 6.92 Å². The van der Waals surface area contributed by atoms with E-state index in [0.717, 1.165) is 5.56 Å². The Morgan fingerprint density at radius 2 is 1.95 bits per heavy atom. The van der Waals surface area contributed by atoms with Crippen LogP contribution in [0.4, 0.5) is 10.5 Å². The number of urea groups is 1. The van der Waals surface area contributed by atoms with Crippen molar-refractivity contribution in [2.24, 2.45) is 0 Å². The highest BCUT2D eigenvalue weighted by atomic mass is 16.5. The van der Waals surface area contributed by atoms with E-state index in [2.05, 4.69) is 10.6 Å². The van der Waals surface area contributed by atoms with Crippen molar-refractivity contribution in [3.05, 3.63) is 54.1 Å². The first-order valence-electron chi connectivity index (χ1n) is 6.17. The number of phenolic OH excluding ortho intramolecular Hbond substituents is 1. The van der Waals surface area contributed by atoms with Gasteiger partial charge in [-0.05, 0) is 36.8 Å². The van der Waals surface area contributed by atoms with Crippen LogP contribution < -0.4 is 15.4 Å². The highest BCUT2D eigenvalue weighted by molar-refractivity contribution is 5.90. The number of rotatable bonds is 4. The van der Waals surface area contributed by atoms with E-state index in [0.29, 0.717) is 11.4 Å². The number of aryl methyl sites for hydroxylation is 1. The summed E-state index contributed by atoms with van der Waals surface area (Å²) in [4.78, 5) is 11.6. The normalized spacial score (nSPS) is 9.85. The molecule has 2 amide bonds. The number of hydrogen-bond acceptors (Lipinski definition) is 3. The number of para-hydroxylation sites is 1. The number of anilines is 1. The molecule has 0 saturated heterocycles. The number of ether oxygens (including phenoxy) is 1. The minimum atomic E-state index is -0.444. The van der Waals surface area contributed by atoms with Gasteiger partial charge in [0.1, 0.15) is 11.5 Å². The zero-order valence-electron chi connectivity index (χ0n) is 11.1. The smallest absolute Gasteiger partial charge is 0.321 e. The van der Waals surface area contributed by atoms with E-state index >= 15 is 0 Å². The molecule has 5 heteroatoms. The molecule has 20 heavy (non-hydrogen) atoms. The molecule has 0 saturated carbocycles. The van der Waals surface area contributed by atoms with Gasteiger partial charge < -0.3 is 20.5 Å². The molecule has 0 fully saturated rings. The van der Waals surface area contributed by atoms with Gasteiger partial charge in [0, 0.05) is 0 Å². The largest absolute Gasteiger partial charge is 0.506 e. The third-order valence-corrected chi connectivity index (χ3v) is 2.62. The number of phenols is 1. The zero-order valence-corrected chi connectivity index (χ0v) is 11.1. The lowest BCUT2D eigenvalue weighted by Crippen LogP contribution is -2.32. The fourth-order valence-electron chi connectivity index (χ4n) is 1.62. The van der Waals surface area contributed by atoms with E-state index in [9.17, 15) is 9.90 Å². The van der Waals surface area contributed by atoms with Crippen molar-refractivity contribution in [2.75, 3.05) is 12.0 Å². The molecule has 2 rings (SSSR count). The van der Waals surface area contributed by atoms with E-state index in [-0.39, 0.29) is 12.5 Å². The van der Waals surface area contributed by atoms with Crippen molar-refractivity contribution < 1.29 is 14.6 Å². The molecule has 2 aromatic carbocycles. The molecule has 0 aliphatic carbocycles. The number of nitrogens with one attached hydrogen (secondary N) is 2. The zero-order chi connectivity index (χ0) is 14.4. The van der Waals surface area contributed by atoms with Gasteiger partial charge in [-0.15, -0.1) is 0 Å². The number of aromatic hydroxyl groups is 1. The number of carbonyl (C=O) groups excluding carboxylic acids is 1. The summed E-state index contributed by atoms with van der Waals surface area (Å²) in [6.07, 6.45) is 0. The highest BCUT2D eigenvalue weighted by Crippen LogP contribution is 2.23. The quantitative estimate of drug-likeness (QED) is 0.592. The molecule has 5 nitrogen and oxygen atoms in total. The van der Waals surface area contributed by atoms with Gasteiger partial charge in [0.2, 0.25) is 0 Å². The fraction of sp³-hybridized carbons (Fsp3) is 0.133. The van der Waals surface area contributed by atoms with E-state index in [1.807, 2.05) is 25.1 Å². The van der Waals surface area contributed by atoms with Crippen LogP contribution >= 0.6 is 0 Å². The molecule has 0 unspecified atom stereocenters. The summed E-state index contributed by atoms with van der Waals surface area (Å²) in [5.74, 6) is 0.704. The van der Waals surface area contributed by atoms with E-state index in [1.165, 1.54) is 0 Å². The molecule has 0 bridgehead atoms. The van der Waals surface area contributed by atoms with Crippen LogP contribution in [0.25, 0.3) is 0 Å². The van der Waals surface area contributed by atoms with Gasteiger partial charge in [-0.2, -0.15) is 0 Å². The summed E-state index contributed by atoms with van der Waals surface area (Å²) in [5.41, 5.74) is 1.27. The third kappa shape index (κ3) is 3.91. The topological polar surface area (TPSA) is 70.6 Å². The predicted octanol–water partition coefficient (Wildman–Crippen LogP) is 2.86. The van der Waals surface area contributed by atoms with Gasteiger partial charge in [-0.25, -0.2) is 4.79 Å². The minimum absolute atomic E-state index is 0.0316. The summed E-state index contributed by atoms with van der Waals surface area (Å²) in [6, 6.07) is 13.7. The molecule has 0 aliphatic heterocycles. The molecule has 104 valence electrons. The predicted molar refractivity (Wildman–Crippen MR) is 76.9 cm³/mol. The van der Waals surface area contributed by atoms with Crippen molar-refractivity contribution in [1.82, 2.24) is 5.32 Å². The van der Waals surface area contributed by atoms with Gasteiger partial charge in [-0.3, -0.25) is 0 Å². The molecular weight excluding hydrogens is 256 g/mol. The SMILES string of the molecule is Cc1ccc(NC(=O)NCOc2ccccc2)c(O)c1. The second kappa shape index (κ2) is 6.47. The Morgan fingerprint density at radius 1 is 1.20 bits per heavy atom. The van der Waals surface area contributed by atoms with Crippen LogP contribution in [-0.2, 0) is 0 Å². The standard InChI is InChI=1S/C15H16N2O3/c1-11-7-8-13(14(18)9-11)17-15(19)16-10-20-12-5-3-2-4-6-12/h2-9,18H,10H2,1H3,(H2,16,17,19). The van der Waals surface area contributed by atoms with Crippen molar-refractivity contribution in [1.29, 1.82) is 0 Å². The van der Waals surface area contributed by atoms with Gasteiger partial charge in [-0.1, -0.05) is 24.3 Å². The van der Waals surface area contributed by atoms with Crippen LogP contribution in [0.15, 0.2) is 48.5 Å². The Hall–Kier alpha value is -2.69. The average Bonchev–Trinajstić information content (AvgIpc) is 2.43. The Kier molecular flexibility index (Phi) is 4.44. The second-order valence-electron chi connectivity index (χ2n) is 4.25. The average molecular weight is 272 g/mol. The van der Waals surface area contributed by atoms with Crippen LogP contribution in [0.5, 0.6) is 11.5 Å². The van der Waals surface area contributed by atoms with Gasteiger partial charge in [0.15, 0.2) is 6.73 Å². The van der Waals surface area contributed by atoms with Crippen molar-refractivity contribution >= 4 is 11.7 Å². The summed E-state index contributed by atoms with van der Waals surface area (Å²) in [7, 11) is 0. The van der Waals surface area contributed by atoms with Crippen molar-refractivity contribution in [3.63, 3.8) is 0 Å². The molecule has 0 atom stereocenters. The molecule has 3 N–H and O–H groups in total. The van der Waals surface area contributed by atoms with Crippen LogP contribution in [0.1, 0.15) is 5.56 Å². The summed E-state index contributed by atoms with van der Waals surface area (Å²) >= 11 is 0. The minimum Gasteiger partial charge on any atom is -0.506 e. The van der Waals surface area contributed by atoms with Gasteiger partial charge in [0.25, 0.3) is 0 Å². The lowest BCUT2D eigenvalue weighted by atomic mass is 10.2. The Labute approximate surface area is 117 Å². The number of carbonyl (C=O) groups is 1.